The van der Waals surface area contributed by atoms with Crippen molar-refractivity contribution in [1.29, 1.82) is 0 Å². The third kappa shape index (κ3) is 5.12. The lowest BCUT2D eigenvalue weighted by molar-refractivity contribution is -0.115. The Balaban J connectivity index is 1.97. The van der Waals surface area contributed by atoms with Gasteiger partial charge in [0.05, 0.1) is 20.8 Å². The SMILES string of the molecule is COc1cc(OC)cc(C(=O)NCC(=O)Nc2ccc(C)c(Cl)c2)c1. The number of hydrogen-bond donors (Lipinski definition) is 2. The molecular weight excluding hydrogens is 344 g/mol. The molecule has 0 radical (unpaired) electrons. The van der Waals surface area contributed by atoms with Gasteiger partial charge in [-0.15, -0.1) is 0 Å². The fourth-order valence-corrected chi connectivity index (χ4v) is 2.26. The largest absolute Gasteiger partial charge is 0.497 e. The minimum Gasteiger partial charge on any atom is -0.497 e. The van der Waals surface area contributed by atoms with E-state index < -0.39 is 5.91 Å². The van der Waals surface area contributed by atoms with Crippen LogP contribution >= 0.6 is 11.6 Å². The molecule has 0 atom stereocenters. The number of halogens is 1. The second-order valence-electron chi connectivity index (χ2n) is 5.30. The number of aryl methyl sites for hydroxylation is 1. The second-order valence-corrected chi connectivity index (χ2v) is 5.70. The first-order chi connectivity index (χ1) is 11.9. The highest BCUT2D eigenvalue weighted by Gasteiger charge is 2.12. The van der Waals surface area contributed by atoms with Crippen LogP contribution in [0, 0.1) is 6.92 Å². The number of hydrogen-bond acceptors (Lipinski definition) is 4. The number of anilines is 1. The quantitative estimate of drug-likeness (QED) is 0.828. The zero-order valence-corrected chi connectivity index (χ0v) is 14.9. The van der Waals surface area contributed by atoms with E-state index in [9.17, 15) is 9.59 Å². The van der Waals surface area contributed by atoms with Crippen LogP contribution in [0.15, 0.2) is 36.4 Å². The van der Waals surface area contributed by atoms with Gasteiger partial charge in [0.2, 0.25) is 5.91 Å². The molecule has 0 bridgehead atoms. The molecule has 2 rings (SSSR count). The summed E-state index contributed by atoms with van der Waals surface area (Å²) in [6.07, 6.45) is 0. The standard InChI is InChI=1S/C18H19ClN2O4/c1-11-4-5-13(8-16(11)19)21-17(22)10-20-18(23)12-6-14(24-2)9-15(7-12)25-3/h4-9H,10H2,1-3H3,(H,20,23)(H,21,22). The summed E-state index contributed by atoms with van der Waals surface area (Å²) in [5, 5.41) is 5.79. The third-order valence-corrected chi connectivity index (χ3v) is 3.89. The van der Waals surface area contributed by atoms with Gasteiger partial charge < -0.3 is 20.1 Å². The summed E-state index contributed by atoms with van der Waals surface area (Å²) in [7, 11) is 2.99. The molecule has 2 aromatic carbocycles. The van der Waals surface area contributed by atoms with Gasteiger partial charge in [-0.1, -0.05) is 17.7 Å². The molecule has 0 saturated carbocycles. The minimum absolute atomic E-state index is 0.177. The van der Waals surface area contributed by atoms with Crippen LogP contribution in [0.3, 0.4) is 0 Å². The van der Waals surface area contributed by atoms with Crippen molar-refractivity contribution in [3.05, 3.63) is 52.5 Å². The lowest BCUT2D eigenvalue weighted by Crippen LogP contribution is -2.32. The Kier molecular flexibility index (Phi) is 6.25. The predicted molar refractivity (Wildman–Crippen MR) is 96.7 cm³/mol. The van der Waals surface area contributed by atoms with Gasteiger partial charge in [-0.25, -0.2) is 0 Å². The molecule has 7 heteroatoms. The number of rotatable bonds is 6. The van der Waals surface area contributed by atoms with Gasteiger partial charge in [0.25, 0.3) is 5.91 Å². The van der Waals surface area contributed by atoms with E-state index in [0.29, 0.717) is 27.8 Å². The molecule has 0 heterocycles. The number of amides is 2. The summed E-state index contributed by atoms with van der Waals surface area (Å²) in [5.74, 6) is 0.212. The van der Waals surface area contributed by atoms with E-state index in [2.05, 4.69) is 10.6 Å². The Morgan fingerprint density at radius 2 is 1.68 bits per heavy atom. The smallest absolute Gasteiger partial charge is 0.251 e. The normalized spacial score (nSPS) is 10.1. The summed E-state index contributed by atoms with van der Waals surface area (Å²) < 4.78 is 10.2. The molecule has 0 fully saturated rings. The van der Waals surface area contributed by atoms with Crippen molar-refractivity contribution >= 4 is 29.1 Å². The van der Waals surface area contributed by atoms with E-state index in [1.165, 1.54) is 14.2 Å². The van der Waals surface area contributed by atoms with Crippen molar-refractivity contribution in [3.63, 3.8) is 0 Å². The predicted octanol–water partition coefficient (Wildman–Crippen LogP) is 3.03. The molecule has 0 aliphatic carbocycles. The van der Waals surface area contributed by atoms with Crippen LogP contribution < -0.4 is 20.1 Å². The fourth-order valence-electron chi connectivity index (χ4n) is 2.08. The number of nitrogens with one attached hydrogen (secondary N) is 2. The molecule has 25 heavy (non-hydrogen) atoms. The Bertz CT molecular complexity index is 770. The Morgan fingerprint density at radius 3 is 2.24 bits per heavy atom. The average Bonchev–Trinajstić information content (AvgIpc) is 2.62. The van der Waals surface area contributed by atoms with E-state index in [0.717, 1.165) is 5.56 Å². The molecule has 6 nitrogen and oxygen atoms in total. The fraction of sp³-hybridized carbons (Fsp3) is 0.222. The van der Waals surface area contributed by atoms with Gasteiger partial charge in [-0.2, -0.15) is 0 Å². The molecule has 132 valence electrons. The molecule has 0 aliphatic rings. The lowest BCUT2D eigenvalue weighted by atomic mass is 10.2. The summed E-state index contributed by atoms with van der Waals surface area (Å²) in [4.78, 5) is 24.2. The maximum absolute atomic E-state index is 12.2. The molecule has 2 amide bonds. The minimum atomic E-state index is -0.408. The Hall–Kier alpha value is -2.73. The van der Waals surface area contributed by atoms with Crippen molar-refractivity contribution in [2.45, 2.75) is 6.92 Å². The number of benzene rings is 2. The summed E-state index contributed by atoms with van der Waals surface area (Å²) >= 11 is 6.02. The molecule has 0 saturated heterocycles. The van der Waals surface area contributed by atoms with Crippen LogP contribution in [0.1, 0.15) is 15.9 Å². The van der Waals surface area contributed by atoms with Gasteiger partial charge in [-0.3, -0.25) is 9.59 Å². The molecule has 0 aromatic heterocycles. The van der Waals surface area contributed by atoms with Crippen molar-refractivity contribution in [2.24, 2.45) is 0 Å². The number of ether oxygens (including phenoxy) is 2. The van der Waals surface area contributed by atoms with Crippen molar-refractivity contribution < 1.29 is 19.1 Å². The molecule has 2 aromatic rings. The monoisotopic (exact) mass is 362 g/mol. The van der Waals surface area contributed by atoms with Crippen LogP contribution in [-0.4, -0.2) is 32.6 Å². The molecule has 0 unspecified atom stereocenters. The van der Waals surface area contributed by atoms with Crippen LogP contribution in [0.25, 0.3) is 0 Å². The van der Waals surface area contributed by atoms with Crippen molar-refractivity contribution in [1.82, 2.24) is 5.32 Å². The van der Waals surface area contributed by atoms with E-state index in [1.54, 1.807) is 36.4 Å². The molecule has 2 N–H and O–H groups in total. The first kappa shape index (κ1) is 18.6. The van der Waals surface area contributed by atoms with Crippen LogP contribution in [0.2, 0.25) is 5.02 Å². The van der Waals surface area contributed by atoms with Gasteiger partial charge in [-0.05, 0) is 36.8 Å². The maximum Gasteiger partial charge on any atom is 0.251 e. The Morgan fingerprint density at radius 1 is 1.04 bits per heavy atom. The first-order valence-electron chi connectivity index (χ1n) is 7.50. The van der Waals surface area contributed by atoms with Crippen LogP contribution in [0.5, 0.6) is 11.5 Å². The number of carbonyl (C=O) groups is 2. The van der Waals surface area contributed by atoms with Crippen molar-refractivity contribution in [3.8, 4) is 11.5 Å². The van der Waals surface area contributed by atoms with E-state index in [1.807, 2.05) is 6.92 Å². The molecular formula is C18H19ClN2O4. The zero-order chi connectivity index (χ0) is 18.4. The molecule has 0 spiro atoms. The second kappa shape index (κ2) is 8.39. The summed E-state index contributed by atoms with van der Waals surface area (Å²) in [6.45, 7) is 1.69. The van der Waals surface area contributed by atoms with Gasteiger partial charge in [0.1, 0.15) is 11.5 Å². The molecule has 0 aliphatic heterocycles. The third-order valence-electron chi connectivity index (χ3n) is 3.48. The lowest BCUT2D eigenvalue weighted by Gasteiger charge is -2.10. The number of carbonyl (C=O) groups excluding carboxylic acids is 2. The number of methoxy groups -OCH3 is 2. The van der Waals surface area contributed by atoms with Gasteiger partial charge >= 0.3 is 0 Å². The average molecular weight is 363 g/mol. The Labute approximate surface area is 151 Å². The summed E-state index contributed by atoms with van der Waals surface area (Å²) in [6, 6.07) is 9.99. The highest BCUT2D eigenvalue weighted by atomic mass is 35.5. The zero-order valence-electron chi connectivity index (χ0n) is 14.2. The van der Waals surface area contributed by atoms with Crippen molar-refractivity contribution in [2.75, 3.05) is 26.1 Å². The van der Waals surface area contributed by atoms with Crippen LogP contribution in [-0.2, 0) is 4.79 Å². The van der Waals surface area contributed by atoms with E-state index >= 15 is 0 Å². The van der Waals surface area contributed by atoms with E-state index in [-0.39, 0.29) is 12.5 Å². The maximum atomic E-state index is 12.2. The van der Waals surface area contributed by atoms with E-state index in [4.69, 9.17) is 21.1 Å². The van der Waals surface area contributed by atoms with Gasteiger partial charge in [0, 0.05) is 22.3 Å². The highest BCUT2D eigenvalue weighted by Crippen LogP contribution is 2.22. The summed E-state index contributed by atoms with van der Waals surface area (Å²) in [5.41, 5.74) is 1.82. The topological polar surface area (TPSA) is 76.7 Å². The van der Waals surface area contributed by atoms with Gasteiger partial charge in [0.15, 0.2) is 0 Å². The van der Waals surface area contributed by atoms with Crippen LogP contribution in [0.4, 0.5) is 5.69 Å². The first-order valence-corrected chi connectivity index (χ1v) is 7.88. The highest BCUT2D eigenvalue weighted by molar-refractivity contribution is 6.31.